The Morgan fingerprint density at radius 3 is 2.66 bits per heavy atom. The normalized spacial score (nSPS) is 17.8. The molecule has 1 aliphatic heterocycles. The summed E-state index contributed by atoms with van der Waals surface area (Å²) in [4.78, 5) is 27.0. The summed E-state index contributed by atoms with van der Waals surface area (Å²) in [6.07, 6.45) is -0.0622. The van der Waals surface area contributed by atoms with Crippen molar-refractivity contribution < 1.29 is 18.7 Å². The second-order valence-corrected chi connectivity index (χ2v) is 8.04. The summed E-state index contributed by atoms with van der Waals surface area (Å²) in [7, 11) is 0. The lowest BCUT2D eigenvalue weighted by Gasteiger charge is -2.53. The van der Waals surface area contributed by atoms with Crippen LogP contribution in [-0.2, 0) is 16.1 Å². The molecule has 1 saturated heterocycles. The predicted molar refractivity (Wildman–Crippen MR) is 109 cm³/mol. The molecule has 2 aromatic carbocycles. The van der Waals surface area contributed by atoms with Crippen LogP contribution in [0.1, 0.15) is 25.8 Å². The number of carbonyl (C=O) groups is 1. The maximum atomic E-state index is 13.9. The van der Waals surface area contributed by atoms with Crippen molar-refractivity contribution in [1.29, 1.82) is 0 Å². The van der Waals surface area contributed by atoms with Crippen molar-refractivity contribution in [3.8, 4) is 0 Å². The molecule has 0 N–H and O–H groups in total. The highest BCUT2D eigenvalue weighted by molar-refractivity contribution is 9.10. The van der Waals surface area contributed by atoms with Gasteiger partial charge in [0.2, 0.25) is 6.35 Å². The first kappa shape index (κ1) is 19.6. The molecule has 1 aliphatic rings. The largest absolute Gasteiger partial charge is 0.444 e. The molecule has 6 nitrogen and oxygen atoms in total. The summed E-state index contributed by atoms with van der Waals surface area (Å²) >= 11 is 3.12. The maximum absolute atomic E-state index is 13.9. The Labute approximate surface area is 174 Å². The van der Waals surface area contributed by atoms with Crippen LogP contribution in [0.3, 0.4) is 0 Å². The molecule has 0 bridgehead atoms. The minimum Gasteiger partial charge on any atom is -0.444 e. The highest BCUT2D eigenvalue weighted by Gasteiger charge is 2.52. The van der Waals surface area contributed by atoms with Crippen LogP contribution in [0.5, 0.6) is 0 Å². The molecule has 0 radical (unpaired) electrons. The number of pyridine rings is 1. The van der Waals surface area contributed by atoms with Gasteiger partial charge in [-0.3, -0.25) is 9.36 Å². The van der Waals surface area contributed by atoms with Crippen molar-refractivity contribution in [3.05, 3.63) is 80.9 Å². The van der Waals surface area contributed by atoms with Gasteiger partial charge in [0.1, 0.15) is 18.1 Å². The van der Waals surface area contributed by atoms with Gasteiger partial charge in [0.15, 0.2) is 0 Å². The van der Waals surface area contributed by atoms with Crippen molar-refractivity contribution in [2.24, 2.45) is 0 Å². The summed E-state index contributed by atoms with van der Waals surface area (Å²) in [6.45, 7) is 3.51. The number of ether oxygens (including phenoxy) is 2. The Bertz CT molecular complexity index is 1150. The molecule has 8 heteroatoms. The Kier molecular flexibility index (Phi) is 4.92. The first-order valence-electron chi connectivity index (χ1n) is 8.96. The molecule has 1 amide bonds. The zero-order chi connectivity index (χ0) is 20.8. The van der Waals surface area contributed by atoms with Crippen LogP contribution in [0.25, 0.3) is 10.8 Å². The second kappa shape index (κ2) is 7.27. The van der Waals surface area contributed by atoms with E-state index in [9.17, 15) is 14.0 Å². The molecule has 1 unspecified atom stereocenters. The number of hydrogen-bond donors (Lipinski definition) is 0. The Morgan fingerprint density at radius 1 is 1.24 bits per heavy atom. The van der Waals surface area contributed by atoms with E-state index in [0.717, 1.165) is 5.56 Å². The van der Waals surface area contributed by atoms with Crippen LogP contribution in [0, 0.1) is 5.82 Å². The van der Waals surface area contributed by atoms with Gasteiger partial charge in [0.05, 0.1) is 9.86 Å². The number of hydrogen-bond acceptors (Lipinski definition) is 4. The SMILES string of the molecule is CC1(C)OC(n2ccc3cc(Br)c(F)cc3c2=O)N1C(=O)OCc1ccccc1. The number of benzene rings is 2. The number of carbonyl (C=O) groups excluding carboxylic acids is 1. The van der Waals surface area contributed by atoms with Gasteiger partial charge < -0.3 is 9.47 Å². The van der Waals surface area contributed by atoms with Gasteiger partial charge in [-0.15, -0.1) is 0 Å². The minimum atomic E-state index is -0.975. The number of rotatable bonds is 3. The molecule has 0 aliphatic carbocycles. The minimum absolute atomic E-state index is 0.102. The van der Waals surface area contributed by atoms with Gasteiger partial charge in [-0.25, -0.2) is 14.1 Å². The maximum Gasteiger partial charge on any atom is 0.415 e. The lowest BCUT2D eigenvalue weighted by molar-refractivity contribution is -0.353. The van der Waals surface area contributed by atoms with E-state index in [2.05, 4.69) is 15.9 Å². The molecular formula is C21H18BrFN2O4. The molecule has 1 aromatic heterocycles. The highest BCUT2D eigenvalue weighted by Crippen LogP contribution is 2.40. The molecule has 1 fully saturated rings. The first-order chi connectivity index (χ1) is 13.8. The lowest BCUT2D eigenvalue weighted by atomic mass is 10.1. The topological polar surface area (TPSA) is 60.8 Å². The van der Waals surface area contributed by atoms with Crippen molar-refractivity contribution >= 4 is 32.8 Å². The molecule has 2 heterocycles. The molecule has 150 valence electrons. The fourth-order valence-corrected chi connectivity index (χ4v) is 3.65. The fourth-order valence-electron chi connectivity index (χ4n) is 3.29. The predicted octanol–water partition coefficient (Wildman–Crippen LogP) is 4.76. The van der Waals surface area contributed by atoms with Gasteiger partial charge in [0, 0.05) is 6.20 Å². The smallest absolute Gasteiger partial charge is 0.415 e. The third-order valence-electron chi connectivity index (χ3n) is 4.81. The Hall–Kier alpha value is -2.71. The summed E-state index contributed by atoms with van der Waals surface area (Å²) in [5.41, 5.74) is -0.562. The average Bonchev–Trinajstić information content (AvgIpc) is 2.68. The quantitative estimate of drug-likeness (QED) is 0.564. The van der Waals surface area contributed by atoms with Crippen LogP contribution in [0.4, 0.5) is 9.18 Å². The van der Waals surface area contributed by atoms with Crippen molar-refractivity contribution in [1.82, 2.24) is 9.47 Å². The fraction of sp³-hybridized carbons (Fsp3) is 0.238. The van der Waals surface area contributed by atoms with Crippen molar-refractivity contribution in [2.75, 3.05) is 0 Å². The highest BCUT2D eigenvalue weighted by atomic mass is 79.9. The van der Waals surface area contributed by atoms with E-state index in [0.29, 0.717) is 5.39 Å². The summed E-state index contributed by atoms with van der Waals surface area (Å²) in [6, 6.07) is 13.7. The third kappa shape index (κ3) is 3.54. The van der Waals surface area contributed by atoms with E-state index in [-0.39, 0.29) is 16.5 Å². The Balaban J connectivity index is 1.62. The van der Waals surface area contributed by atoms with Crippen molar-refractivity contribution in [2.45, 2.75) is 32.5 Å². The molecule has 0 saturated carbocycles. The number of aromatic nitrogens is 1. The zero-order valence-corrected chi connectivity index (χ0v) is 17.3. The van der Waals surface area contributed by atoms with E-state index in [4.69, 9.17) is 9.47 Å². The number of amides is 1. The van der Waals surface area contributed by atoms with E-state index in [1.54, 1.807) is 19.9 Å². The van der Waals surface area contributed by atoms with Crippen LogP contribution in [0.15, 0.2) is 64.0 Å². The van der Waals surface area contributed by atoms with Crippen molar-refractivity contribution in [3.63, 3.8) is 0 Å². The summed E-state index contributed by atoms with van der Waals surface area (Å²) < 4.78 is 26.6. The average molecular weight is 461 g/mol. The number of nitrogens with zero attached hydrogens (tertiary/aromatic N) is 2. The first-order valence-corrected chi connectivity index (χ1v) is 9.75. The molecule has 1 atom stereocenters. The van der Waals surface area contributed by atoms with E-state index in [1.165, 1.54) is 27.8 Å². The van der Waals surface area contributed by atoms with Crippen LogP contribution >= 0.6 is 15.9 Å². The molecular weight excluding hydrogens is 443 g/mol. The van der Waals surface area contributed by atoms with Gasteiger partial charge in [0.25, 0.3) is 5.56 Å². The standard InChI is InChI=1S/C21H18BrFN2O4/c1-21(2)25(20(27)28-12-13-6-4-3-5-7-13)19(29-21)24-9-8-14-10-16(22)17(23)11-15(14)18(24)26/h3-11,19H,12H2,1-2H3. The van der Waals surface area contributed by atoms with E-state index >= 15 is 0 Å². The third-order valence-corrected chi connectivity index (χ3v) is 5.41. The zero-order valence-electron chi connectivity index (χ0n) is 15.8. The molecule has 3 aromatic rings. The van der Waals surface area contributed by atoms with Crippen LogP contribution < -0.4 is 5.56 Å². The monoisotopic (exact) mass is 460 g/mol. The van der Waals surface area contributed by atoms with Gasteiger partial charge >= 0.3 is 6.09 Å². The van der Waals surface area contributed by atoms with Crippen LogP contribution in [-0.4, -0.2) is 21.3 Å². The second-order valence-electron chi connectivity index (χ2n) is 7.18. The summed E-state index contributed by atoms with van der Waals surface area (Å²) in [5, 5.41) is 0.774. The Morgan fingerprint density at radius 2 is 1.97 bits per heavy atom. The molecule has 4 rings (SSSR count). The lowest BCUT2D eigenvalue weighted by Crippen LogP contribution is -2.65. The van der Waals surface area contributed by atoms with Gasteiger partial charge in [-0.1, -0.05) is 30.3 Å². The van der Waals surface area contributed by atoms with Gasteiger partial charge in [-0.2, -0.15) is 0 Å². The molecule has 29 heavy (non-hydrogen) atoms. The van der Waals surface area contributed by atoms with E-state index < -0.39 is 29.5 Å². The van der Waals surface area contributed by atoms with Gasteiger partial charge in [-0.05, 0) is 58.9 Å². The number of fused-ring (bicyclic) bond motifs is 1. The van der Waals surface area contributed by atoms with E-state index in [1.807, 2.05) is 30.3 Å². The summed E-state index contributed by atoms with van der Waals surface area (Å²) in [5.74, 6) is -0.540. The number of halogens is 2. The van der Waals surface area contributed by atoms with Crippen LogP contribution in [0.2, 0.25) is 0 Å². The molecule has 0 spiro atoms.